The van der Waals surface area contributed by atoms with Crippen LogP contribution in [0.4, 0.5) is 0 Å². The Morgan fingerprint density at radius 2 is 2.33 bits per heavy atom. The predicted molar refractivity (Wildman–Crippen MR) is 33.4 cm³/mol. The van der Waals surface area contributed by atoms with E-state index >= 15 is 0 Å². The molecule has 1 atom stereocenters. The molecule has 0 aromatic rings. The molecule has 0 aromatic carbocycles. The monoisotopic (exact) mass is 130 g/mol. The van der Waals surface area contributed by atoms with Crippen molar-refractivity contribution in [3.05, 3.63) is 6.54 Å². The van der Waals surface area contributed by atoms with E-state index in [-0.39, 0.29) is 6.10 Å². The molecule has 53 valence electrons. The quantitative estimate of drug-likeness (QED) is 0.553. The minimum Gasteiger partial charge on any atom is -0.348 e. The van der Waals surface area contributed by atoms with Gasteiger partial charge in [0.2, 0.25) is 0 Å². The van der Waals surface area contributed by atoms with Crippen LogP contribution in [0.3, 0.4) is 0 Å². The van der Waals surface area contributed by atoms with Gasteiger partial charge in [-0.2, -0.15) is 0 Å². The van der Waals surface area contributed by atoms with Crippen LogP contribution in [-0.2, 0) is 9.47 Å². The van der Waals surface area contributed by atoms with Crippen LogP contribution >= 0.6 is 0 Å². The van der Waals surface area contributed by atoms with Crippen LogP contribution in [0.15, 0.2) is 0 Å². The van der Waals surface area contributed by atoms with Crippen LogP contribution in [0.25, 0.3) is 0 Å². The van der Waals surface area contributed by atoms with Crippen molar-refractivity contribution in [1.82, 2.24) is 0 Å². The van der Waals surface area contributed by atoms with E-state index in [4.69, 9.17) is 15.2 Å². The SMILES string of the molecule is CC1(C)OC[C@H]([CH]N)O1. The summed E-state index contributed by atoms with van der Waals surface area (Å²) in [7, 11) is 0. The maximum absolute atomic E-state index is 5.30. The summed E-state index contributed by atoms with van der Waals surface area (Å²) in [5.74, 6) is -0.444. The van der Waals surface area contributed by atoms with Gasteiger partial charge in [0.15, 0.2) is 5.79 Å². The molecule has 1 fully saturated rings. The van der Waals surface area contributed by atoms with Crippen LogP contribution in [0, 0.1) is 6.54 Å². The van der Waals surface area contributed by atoms with Gasteiger partial charge >= 0.3 is 0 Å². The van der Waals surface area contributed by atoms with Gasteiger partial charge in [0.25, 0.3) is 0 Å². The van der Waals surface area contributed by atoms with Gasteiger partial charge in [-0.1, -0.05) is 0 Å². The Morgan fingerprint density at radius 1 is 1.67 bits per heavy atom. The summed E-state index contributed by atoms with van der Waals surface area (Å²) in [4.78, 5) is 0. The van der Waals surface area contributed by atoms with Crippen molar-refractivity contribution in [1.29, 1.82) is 0 Å². The zero-order valence-electron chi connectivity index (χ0n) is 5.76. The summed E-state index contributed by atoms with van der Waals surface area (Å²) in [5, 5.41) is 0. The van der Waals surface area contributed by atoms with E-state index < -0.39 is 5.79 Å². The van der Waals surface area contributed by atoms with Crippen molar-refractivity contribution < 1.29 is 9.47 Å². The standard InChI is InChI=1S/C6H12NO2/c1-6(2)8-4-5(3-7)9-6/h3,5H,4,7H2,1-2H3/t5-/m0/s1. The maximum atomic E-state index is 5.30. The lowest BCUT2D eigenvalue weighted by atomic mass is 10.4. The van der Waals surface area contributed by atoms with Gasteiger partial charge in [0, 0.05) is 0 Å². The van der Waals surface area contributed by atoms with E-state index in [2.05, 4.69) is 0 Å². The second-order valence-corrected chi connectivity index (χ2v) is 2.56. The second kappa shape index (κ2) is 2.25. The van der Waals surface area contributed by atoms with Gasteiger partial charge in [0.05, 0.1) is 13.2 Å². The molecule has 0 aromatic heterocycles. The molecule has 1 radical (unpaired) electrons. The van der Waals surface area contributed by atoms with Crippen molar-refractivity contribution in [2.24, 2.45) is 5.73 Å². The first-order chi connectivity index (χ1) is 4.14. The first kappa shape index (κ1) is 6.99. The Morgan fingerprint density at radius 3 is 2.56 bits per heavy atom. The second-order valence-electron chi connectivity index (χ2n) is 2.56. The third kappa shape index (κ3) is 1.64. The molecule has 1 aliphatic heterocycles. The molecule has 1 saturated heterocycles. The zero-order valence-corrected chi connectivity index (χ0v) is 5.76. The van der Waals surface area contributed by atoms with Crippen molar-refractivity contribution in [3.63, 3.8) is 0 Å². The molecule has 0 saturated carbocycles. The Kier molecular flexibility index (Phi) is 1.75. The summed E-state index contributed by atoms with van der Waals surface area (Å²) < 4.78 is 10.5. The zero-order chi connectivity index (χ0) is 6.91. The number of hydrogen-bond acceptors (Lipinski definition) is 3. The van der Waals surface area contributed by atoms with Gasteiger partial charge in [-0.05, 0) is 13.8 Å². The van der Waals surface area contributed by atoms with E-state index in [1.807, 2.05) is 13.8 Å². The minimum absolute atomic E-state index is 0.0278. The van der Waals surface area contributed by atoms with Crippen LogP contribution in [0.5, 0.6) is 0 Å². The van der Waals surface area contributed by atoms with Crippen molar-refractivity contribution in [3.8, 4) is 0 Å². The fourth-order valence-corrected chi connectivity index (χ4v) is 0.810. The van der Waals surface area contributed by atoms with E-state index in [0.29, 0.717) is 6.61 Å². The summed E-state index contributed by atoms with van der Waals surface area (Å²) in [6.07, 6.45) is -0.0278. The van der Waals surface area contributed by atoms with Gasteiger partial charge in [-0.25, -0.2) is 0 Å². The molecular formula is C6H12NO2. The minimum atomic E-state index is -0.444. The molecule has 1 heterocycles. The normalized spacial score (nSPS) is 33.0. The lowest BCUT2D eigenvalue weighted by Gasteiger charge is -2.15. The maximum Gasteiger partial charge on any atom is 0.163 e. The molecule has 0 aliphatic carbocycles. The average molecular weight is 130 g/mol. The Labute approximate surface area is 55.1 Å². The molecule has 9 heavy (non-hydrogen) atoms. The number of hydrogen-bond donors (Lipinski definition) is 1. The van der Waals surface area contributed by atoms with Crippen LogP contribution in [0.2, 0.25) is 0 Å². The lowest BCUT2D eigenvalue weighted by Crippen LogP contribution is -2.23. The number of rotatable bonds is 1. The molecule has 3 heteroatoms. The Hall–Kier alpha value is -0.120. The average Bonchev–Trinajstić information content (AvgIpc) is 2.10. The molecule has 0 amide bonds. The van der Waals surface area contributed by atoms with Crippen LogP contribution in [0.1, 0.15) is 13.8 Å². The van der Waals surface area contributed by atoms with Gasteiger partial charge < -0.3 is 15.2 Å². The van der Waals surface area contributed by atoms with Crippen LogP contribution < -0.4 is 5.73 Å². The largest absolute Gasteiger partial charge is 0.348 e. The summed E-state index contributed by atoms with van der Waals surface area (Å²) in [6, 6.07) is 0. The molecular weight excluding hydrogens is 118 g/mol. The highest BCUT2D eigenvalue weighted by Crippen LogP contribution is 2.22. The molecule has 0 spiro atoms. The van der Waals surface area contributed by atoms with Crippen molar-refractivity contribution in [2.75, 3.05) is 6.61 Å². The Bertz CT molecular complexity index is 103. The van der Waals surface area contributed by atoms with Gasteiger partial charge in [-0.3, -0.25) is 0 Å². The fourth-order valence-electron chi connectivity index (χ4n) is 0.810. The predicted octanol–water partition coefficient (Wildman–Crippen LogP) is 0.258. The van der Waals surface area contributed by atoms with Crippen LogP contribution in [-0.4, -0.2) is 18.5 Å². The molecule has 1 rings (SSSR count). The fraction of sp³-hybridized carbons (Fsp3) is 0.833. The van der Waals surface area contributed by atoms with E-state index in [1.165, 1.54) is 6.54 Å². The van der Waals surface area contributed by atoms with Crippen molar-refractivity contribution >= 4 is 0 Å². The highest BCUT2D eigenvalue weighted by molar-refractivity contribution is 4.78. The molecule has 1 aliphatic rings. The lowest BCUT2D eigenvalue weighted by molar-refractivity contribution is -0.134. The first-order valence-electron chi connectivity index (χ1n) is 3.01. The van der Waals surface area contributed by atoms with E-state index in [9.17, 15) is 0 Å². The molecule has 2 N–H and O–H groups in total. The third-order valence-electron chi connectivity index (χ3n) is 1.25. The third-order valence-corrected chi connectivity index (χ3v) is 1.25. The van der Waals surface area contributed by atoms with E-state index in [0.717, 1.165) is 0 Å². The van der Waals surface area contributed by atoms with Gasteiger partial charge in [-0.15, -0.1) is 0 Å². The Balaban J connectivity index is 2.38. The molecule has 3 nitrogen and oxygen atoms in total. The smallest absolute Gasteiger partial charge is 0.163 e. The molecule has 0 bridgehead atoms. The van der Waals surface area contributed by atoms with E-state index in [1.54, 1.807) is 0 Å². The highest BCUT2D eigenvalue weighted by Gasteiger charge is 2.31. The topological polar surface area (TPSA) is 44.5 Å². The summed E-state index contributed by atoms with van der Waals surface area (Å²) in [6.45, 7) is 5.82. The summed E-state index contributed by atoms with van der Waals surface area (Å²) >= 11 is 0. The number of ether oxygens (including phenoxy) is 2. The summed E-state index contributed by atoms with van der Waals surface area (Å²) in [5.41, 5.74) is 5.22. The first-order valence-corrected chi connectivity index (χ1v) is 3.01. The molecule has 0 unspecified atom stereocenters. The van der Waals surface area contributed by atoms with Gasteiger partial charge in [0.1, 0.15) is 6.10 Å². The number of nitrogens with two attached hydrogens (primary N) is 1. The highest BCUT2D eigenvalue weighted by atomic mass is 16.7. The van der Waals surface area contributed by atoms with Crippen molar-refractivity contribution in [2.45, 2.75) is 25.7 Å².